The standard InChI is InChI=1S/C19H16N4O3/c1-11-7-15-18(26-11)14(9-16(20-15)19(24)25)8-12-3-5-13(6-4-12)17-10-23(2)22-21-17/h3-7,9-10H,8H2,1-2H3,(H,24,25). The molecule has 0 radical (unpaired) electrons. The first-order valence-corrected chi connectivity index (χ1v) is 8.08. The maximum absolute atomic E-state index is 11.4. The number of aromatic nitrogens is 4. The summed E-state index contributed by atoms with van der Waals surface area (Å²) in [6.45, 7) is 1.82. The van der Waals surface area contributed by atoms with Crippen molar-refractivity contribution < 1.29 is 14.3 Å². The lowest BCUT2D eigenvalue weighted by atomic mass is 10.0. The number of nitrogens with zero attached hydrogens (tertiary/aromatic N) is 4. The zero-order valence-electron chi connectivity index (χ0n) is 14.3. The number of fused-ring (bicyclic) bond motifs is 1. The second kappa shape index (κ2) is 6.11. The Morgan fingerprint density at radius 2 is 2.00 bits per heavy atom. The predicted octanol–water partition coefficient (Wildman–Crippen LogP) is 3.22. The number of benzene rings is 1. The summed E-state index contributed by atoms with van der Waals surface area (Å²) < 4.78 is 7.38. The number of aryl methyl sites for hydroxylation is 2. The van der Waals surface area contributed by atoms with E-state index in [1.807, 2.05) is 44.4 Å². The fourth-order valence-electron chi connectivity index (χ4n) is 2.94. The Morgan fingerprint density at radius 3 is 2.65 bits per heavy atom. The molecule has 0 aliphatic carbocycles. The molecule has 1 N–H and O–H groups in total. The predicted molar refractivity (Wildman–Crippen MR) is 95.0 cm³/mol. The van der Waals surface area contributed by atoms with Crippen molar-refractivity contribution in [2.45, 2.75) is 13.3 Å². The Morgan fingerprint density at radius 1 is 1.23 bits per heavy atom. The molecule has 0 aliphatic rings. The fraction of sp³-hybridized carbons (Fsp3) is 0.158. The number of carboxylic acids is 1. The first kappa shape index (κ1) is 16.0. The molecular formula is C19H16N4O3. The van der Waals surface area contributed by atoms with Crippen LogP contribution >= 0.6 is 0 Å². The minimum absolute atomic E-state index is 0.0180. The van der Waals surface area contributed by atoms with Gasteiger partial charge in [0, 0.05) is 30.7 Å². The van der Waals surface area contributed by atoms with Gasteiger partial charge >= 0.3 is 5.97 Å². The van der Waals surface area contributed by atoms with Crippen LogP contribution in [-0.4, -0.2) is 31.1 Å². The molecule has 130 valence electrons. The van der Waals surface area contributed by atoms with Crippen LogP contribution in [0.3, 0.4) is 0 Å². The third kappa shape index (κ3) is 2.95. The van der Waals surface area contributed by atoms with Gasteiger partial charge in [-0.25, -0.2) is 9.78 Å². The minimum Gasteiger partial charge on any atom is -0.477 e. The van der Waals surface area contributed by atoms with E-state index in [2.05, 4.69) is 15.3 Å². The molecule has 3 aromatic heterocycles. The minimum atomic E-state index is -1.05. The number of aromatic carboxylic acids is 1. The van der Waals surface area contributed by atoms with Gasteiger partial charge in [0.05, 0.1) is 6.20 Å². The number of pyridine rings is 1. The monoisotopic (exact) mass is 348 g/mol. The fourth-order valence-corrected chi connectivity index (χ4v) is 2.94. The maximum Gasteiger partial charge on any atom is 0.354 e. The number of rotatable bonds is 4. The highest BCUT2D eigenvalue weighted by Gasteiger charge is 2.15. The zero-order chi connectivity index (χ0) is 18.3. The number of hydrogen-bond acceptors (Lipinski definition) is 5. The second-order valence-electron chi connectivity index (χ2n) is 6.19. The normalized spacial score (nSPS) is 11.2. The SMILES string of the molecule is Cc1cc2nc(C(=O)O)cc(Cc3ccc(-c4cn(C)nn4)cc3)c2o1. The largest absolute Gasteiger partial charge is 0.477 e. The van der Waals surface area contributed by atoms with Gasteiger partial charge in [-0.3, -0.25) is 4.68 Å². The van der Waals surface area contributed by atoms with E-state index in [4.69, 9.17) is 4.42 Å². The van der Waals surface area contributed by atoms with E-state index in [1.165, 1.54) is 0 Å². The van der Waals surface area contributed by atoms with Crippen molar-refractivity contribution in [1.82, 2.24) is 20.0 Å². The molecule has 26 heavy (non-hydrogen) atoms. The molecule has 0 spiro atoms. The molecule has 1 aromatic carbocycles. The van der Waals surface area contributed by atoms with Crippen molar-refractivity contribution in [3.8, 4) is 11.3 Å². The molecule has 3 heterocycles. The van der Waals surface area contributed by atoms with E-state index in [-0.39, 0.29) is 5.69 Å². The van der Waals surface area contributed by atoms with Crippen molar-refractivity contribution in [1.29, 1.82) is 0 Å². The van der Waals surface area contributed by atoms with Gasteiger partial charge in [-0.2, -0.15) is 0 Å². The topological polar surface area (TPSA) is 94.0 Å². The van der Waals surface area contributed by atoms with Crippen LogP contribution in [0.2, 0.25) is 0 Å². The Bertz CT molecular complexity index is 1110. The number of hydrogen-bond donors (Lipinski definition) is 1. The molecule has 4 rings (SSSR count). The zero-order valence-corrected chi connectivity index (χ0v) is 14.3. The van der Waals surface area contributed by atoms with Crippen LogP contribution in [0, 0.1) is 6.92 Å². The Balaban J connectivity index is 1.69. The van der Waals surface area contributed by atoms with Crippen molar-refractivity contribution >= 4 is 17.1 Å². The first-order chi connectivity index (χ1) is 12.5. The molecule has 0 saturated carbocycles. The summed E-state index contributed by atoms with van der Waals surface area (Å²) in [7, 11) is 1.82. The highest BCUT2D eigenvalue weighted by atomic mass is 16.4. The molecule has 0 saturated heterocycles. The van der Waals surface area contributed by atoms with Crippen molar-refractivity contribution in [3.63, 3.8) is 0 Å². The van der Waals surface area contributed by atoms with Gasteiger partial charge in [0.15, 0.2) is 5.58 Å². The van der Waals surface area contributed by atoms with E-state index >= 15 is 0 Å². The lowest BCUT2D eigenvalue weighted by Crippen LogP contribution is -2.02. The van der Waals surface area contributed by atoms with Gasteiger partial charge in [0.2, 0.25) is 0 Å². The summed E-state index contributed by atoms with van der Waals surface area (Å²) in [5.74, 6) is -0.348. The average molecular weight is 348 g/mol. The first-order valence-electron chi connectivity index (χ1n) is 8.08. The van der Waals surface area contributed by atoms with Crippen molar-refractivity contribution in [3.05, 3.63) is 65.2 Å². The lowest BCUT2D eigenvalue weighted by molar-refractivity contribution is 0.0691. The number of carboxylic acid groups (broad SMARTS) is 1. The van der Waals surface area contributed by atoms with Gasteiger partial charge in [0.25, 0.3) is 0 Å². The number of furan rings is 1. The van der Waals surface area contributed by atoms with Crippen LogP contribution in [-0.2, 0) is 13.5 Å². The summed E-state index contributed by atoms with van der Waals surface area (Å²) in [5.41, 5.74) is 4.83. The summed E-state index contributed by atoms with van der Waals surface area (Å²) in [6, 6.07) is 11.3. The smallest absolute Gasteiger partial charge is 0.354 e. The average Bonchev–Trinajstić information content (AvgIpc) is 3.20. The van der Waals surface area contributed by atoms with E-state index < -0.39 is 5.97 Å². The van der Waals surface area contributed by atoms with E-state index in [0.29, 0.717) is 23.3 Å². The molecule has 0 unspecified atom stereocenters. The Hall–Kier alpha value is -3.48. The molecule has 7 heteroatoms. The second-order valence-corrected chi connectivity index (χ2v) is 6.19. The molecular weight excluding hydrogens is 332 g/mol. The van der Waals surface area contributed by atoms with E-state index in [0.717, 1.165) is 22.4 Å². The van der Waals surface area contributed by atoms with Crippen LogP contribution < -0.4 is 0 Å². The summed E-state index contributed by atoms with van der Waals surface area (Å²) >= 11 is 0. The maximum atomic E-state index is 11.4. The molecule has 0 amide bonds. The van der Waals surface area contributed by atoms with Gasteiger partial charge < -0.3 is 9.52 Å². The van der Waals surface area contributed by atoms with Crippen LogP contribution in [0.4, 0.5) is 0 Å². The molecule has 0 fully saturated rings. The summed E-state index contributed by atoms with van der Waals surface area (Å²) in [6.07, 6.45) is 2.40. The van der Waals surface area contributed by atoms with Crippen molar-refractivity contribution in [2.75, 3.05) is 0 Å². The number of carbonyl (C=O) groups is 1. The van der Waals surface area contributed by atoms with Gasteiger partial charge in [0.1, 0.15) is 22.7 Å². The summed E-state index contributed by atoms with van der Waals surface area (Å²) in [5, 5.41) is 17.3. The van der Waals surface area contributed by atoms with Gasteiger partial charge in [-0.05, 0) is 18.6 Å². The van der Waals surface area contributed by atoms with E-state index in [1.54, 1.807) is 16.8 Å². The van der Waals surface area contributed by atoms with E-state index in [9.17, 15) is 9.90 Å². The third-order valence-corrected chi connectivity index (χ3v) is 4.15. The molecule has 4 aromatic rings. The highest BCUT2D eigenvalue weighted by molar-refractivity contribution is 5.90. The van der Waals surface area contributed by atoms with Gasteiger partial charge in [-0.1, -0.05) is 29.5 Å². The van der Waals surface area contributed by atoms with Crippen LogP contribution in [0.25, 0.3) is 22.4 Å². The van der Waals surface area contributed by atoms with Crippen molar-refractivity contribution in [2.24, 2.45) is 7.05 Å². The lowest BCUT2D eigenvalue weighted by Gasteiger charge is -2.05. The third-order valence-electron chi connectivity index (χ3n) is 4.15. The molecule has 0 atom stereocenters. The van der Waals surface area contributed by atoms with Crippen LogP contribution in [0.1, 0.15) is 27.4 Å². The van der Waals surface area contributed by atoms with Gasteiger partial charge in [-0.15, -0.1) is 5.10 Å². The molecule has 7 nitrogen and oxygen atoms in total. The Kier molecular flexibility index (Phi) is 3.76. The quantitative estimate of drug-likeness (QED) is 0.608. The Labute approximate surface area is 148 Å². The van der Waals surface area contributed by atoms with Crippen LogP contribution in [0.5, 0.6) is 0 Å². The highest BCUT2D eigenvalue weighted by Crippen LogP contribution is 2.25. The molecule has 0 bridgehead atoms. The molecule has 0 aliphatic heterocycles. The van der Waals surface area contributed by atoms with Crippen LogP contribution in [0.15, 0.2) is 47.0 Å². The summed E-state index contributed by atoms with van der Waals surface area (Å²) in [4.78, 5) is 15.5.